The number of carboxylic acids is 2. The summed E-state index contributed by atoms with van der Waals surface area (Å²) in [5.41, 5.74) is 3.79. The summed E-state index contributed by atoms with van der Waals surface area (Å²) in [6.07, 6.45) is 1.57. The predicted octanol–water partition coefficient (Wildman–Crippen LogP) is 1.12. The molecule has 20 heteroatoms. The van der Waals surface area contributed by atoms with Crippen LogP contribution in [0.5, 0.6) is 11.5 Å². The van der Waals surface area contributed by atoms with Crippen LogP contribution in [-0.4, -0.2) is 136 Å². The number of aliphatic carboxylic acids is 2. The summed E-state index contributed by atoms with van der Waals surface area (Å²) in [5, 5.41) is 46.0. The van der Waals surface area contributed by atoms with Gasteiger partial charge in [-0.25, -0.2) is 19.0 Å². The van der Waals surface area contributed by atoms with Gasteiger partial charge in [-0.1, -0.05) is 5.16 Å². The molecule has 5 atom stereocenters. The Bertz CT molecular complexity index is 1910. The highest BCUT2D eigenvalue weighted by Crippen LogP contribution is 2.46. The Morgan fingerprint density at radius 2 is 1.94 bits per heavy atom. The number of nitrogens with two attached hydrogens (primary N) is 1. The molecule has 1 unspecified atom stereocenters. The van der Waals surface area contributed by atoms with E-state index < -0.39 is 69.7 Å². The number of oxime groups is 1. The minimum atomic E-state index is -1.80. The number of nitrogens with one attached hydrogen (secondary N) is 1. The normalized spacial score (nSPS) is 26.0. The van der Waals surface area contributed by atoms with E-state index in [1.165, 1.54) is 35.9 Å². The summed E-state index contributed by atoms with van der Waals surface area (Å²) in [5.74, 6) is -7.50. The third-order valence-electron chi connectivity index (χ3n) is 10.00. The molecule has 0 aliphatic carbocycles. The number of hydrogen-bond acceptors (Lipinski definition) is 13. The van der Waals surface area contributed by atoms with Gasteiger partial charge < -0.3 is 45.7 Å². The number of thioether (sulfide) groups is 1. The largest absolute Gasteiger partial charge is 0.504 e. The van der Waals surface area contributed by atoms with Gasteiger partial charge in [0.05, 0.1) is 26.2 Å². The van der Waals surface area contributed by atoms with Crippen LogP contribution in [-0.2, 0) is 24.0 Å². The highest BCUT2D eigenvalue weighted by molar-refractivity contribution is 8.00. The van der Waals surface area contributed by atoms with Gasteiger partial charge in [-0.15, -0.1) is 23.1 Å². The summed E-state index contributed by atoms with van der Waals surface area (Å²) >= 11 is 2.32. The number of benzene rings is 1. The van der Waals surface area contributed by atoms with Crippen LogP contribution < -0.4 is 11.1 Å². The average molecular weight is 763 g/mol. The van der Waals surface area contributed by atoms with Crippen molar-refractivity contribution in [3.8, 4) is 11.5 Å². The van der Waals surface area contributed by atoms with Crippen molar-refractivity contribution in [3.63, 3.8) is 0 Å². The van der Waals surface area contributed by atoms with Gasteiger partial charge in [0.1, 0.15) is 35.4 Å². The van der Waals surface area contributed by atoms with E-state index in [1.54, 1.807) is 4.90 Å². The van der Waals surface area contributed by atoms with Crippen molar-refractivity contribution in [2.45, 2.75) is 61.9 Å². The Kier molecular flexibility index (Phi) is 9.60. The molecule has 4 aliphatic heterocycles. The molecule has 0 bridgehead atoms. The van der Waals surface area contributed by atoms with Crippen LogP contribution in [0.15, 0.2) is 33.9 Å². The maximum Gasteiger partial charge on any atom is 0.352 e. The first-order valence-electron chi connectivity index (χ1n) is 16.3. The number of nitrogen functional groups attached to an aromatic ring is 1. The number of carboxylic acid groups (broad SMARTS) is 2. The minimum Gasteiger partial charge on any atom is -0.504 e. The summed E-state index contributed by atoms with van der Waals surface area (Å²) < 4.78 is 14.6. The van der Waals surface area contributed by atoms with Crippen LogP contribution >= 0.6 is 23.1 Å². The summed E-state index contributed by atoms with van der Waals surface area (Å²) in [6, 6.07) is 0.676. The molecule has 0 spiro atoms. The zero-order valence-corrected chi connectivity index (χ0v) is 29.9. The molecule has 52 heavy (non-hydrogen) atoms. The number of rotatable bonds is 10. The lowest BCUT2D eigenvalue weighted by Crippen LogP contribution is -2.72. The molecule has 3 fully saturated rings. The Hall–Kier alpha value is -4.95. The molecule has 6 rings (SSSR count). The molecule has 5 heterocycles. The van der Waals surface area contributed by atoms with E-state index in [0.29, 0.717) is 29.7 Å². The second-order valence-corrected chi connectivity index (χ2v) is 16.0. The number of carbonyl (C=O) groups is 5. The minimum absolute atomic E-state index is 0.00726. The van der Waals surface area contributed by atoms with E-state index in [2.05, 4.69) is 15.5 Å². The predicted molar refractivity (Wildman–Crippen MR) is 184 cm³/mol. The topological polar surface area (TPSA) is 245 Å². The highest BCUT2D eigenvalue weighted by atomic mass is 32.2. The smallest absolute Gasteiger partial charge is 0.352 e. The van der Waals surface area contributed by atoms with Crippen molar-refractivity contribution >= 4 is 63.6 Å². The first-order valence-corrected chi connectivity index (χ1v) is 18.1. The van der Waals surface area contributed by atoms with Gasteiger partial charge in [0.15, 0.2) is 28.2 Å². The number of phenols is 2. The Balaban J connectivity index is 1.21. The van der Waals surface area contributed by atoms with Gasteiger partial charge in [0.25, 0.3) is 17.7 Å². The van der Waals surface area contributed by atoms with Gasteiger partial charge in [0.2, 0.25) is 5.60 Å². The molecular formula is C32H37FN7O10S2+. The van der Waals surface area contributed by atoms with Gasteiger partial charge in [-0.3, -0.25) is 19.3 Å². The number of nitrogens with zero attached hydrogens (tertiary/aromatic N) is 5. The van der Waals surface area contributed by atoms with Crippen molar-refractivity contribution in [1.82, 2.24) is 20.1 Å². The standard InChI is InChI=1S/C32H36FN7O10S2/c1-14-17(12-40-7-4-5-16(40)11-38(6-8-40)26(44)15-9-18(33)24(42)20(41)10-15)23(29(46)47)39-27(45)22(28(39)52-14)36-25(43)21(19-13-51-31(34)35-19)37-50-32(2,3)30(48)49/h9-10,13-14,16,22,28H,4-8,11-12H2,1-3H3,(H6-,34,35,36,37,41,42,43,44,46,47,48,49)/p+1/t14-,16-,22+,28+,40?/m0/s1. The molecule has 17 nitrogen and oxygen atoms in total. The van der Waals surface area contributed by atoms with Crippen molar-refractivity contribution < 1.29 is 58.1 Å². The molecule has 1 aromatic heterocycles. The average Bonchev–Trinajstić information content (AvgIpc) is 3.71. The van der Waals surface area contributed by atoms with E-state index in [1.807, 2.05) is 6.92 Å². The van der Waals surface area contributed by atoms with Crippen molar-refractivity contribution in [2.75, 3.05) is 38.5 Å². The third-order valence-corrected chi connectivity index (χ3v) is 12.1. The monoisotopic (exact) mass is 762 g/mol. The van der Waals surface area contributed by atoms with Crippen LogP contribution in [0.3, 0.4) is 0 Å². The number of halogens is 1. The summed E-state index contributed by atoms with van der Waals surface area (Å²) in [4.78, 5) is 76.7. The van der Waals surface area contributed by atoms with Crippen LogP contribution in [0, 0.1) is 5.82 Å². The van der Waals surface area contributed by atoms with Crippen LogP contribution in [0.1, 0.15) is 49.7 Å². The number of β-lactam (4-membered cyclic amide) rings is 1. The fourth-order valence-corrected chi connectivity index (χ4v) is 9.08. The lowest BCUT2D eigenvalue weighted by Gasteiger charge is -2.53. The lowest BCUT2D eigenvalue weighted by molar-refractivity contribution is -0.938. The second-order valence-electron chi connectivity index (χ2n) is 13.6. The molecule has 4 aliphatic rings. The molecule has 0 radical (unpaired) electrons. The molecule has 1 aromatic carbocycles. The van der Waals surface area contributed by atoms with Crippen LogP contribution in [0.25, 0.3) is 0 Å². The Morgan fingerprint density at radius 3 is 2.58 bits per heavy atom. The van der Waals surface area contributed by atoms with Crippen molar-refractivity contribution in [2.24, 2.45) is 5.16 Å². The number of amides is 3. The Morgan fingerprint density at radius 1 is 1.21 bits per heavy atom. The number of thiazole rings is 1. The number of carbonyl (C=O) groups excluding carboxylic acids is 3. The maximum atomic E-state index is 14.1. The number of phenolic OH excluding ortho intramolecular Hbond substituents is 2. The Labute approximate surface area is 304 Å². The number of quaternary nitrogens is 1. The number of aromatic hydroxyl groups is 2. The summed E-state index contributed by atoms with van der Waals surface area (Å²) in [7, 11) is 0. The molecule has 3 saturated heterocycles. The van der Waals surface area contributed by atoms with Gasteiger partial charge in [-0.05, 0) is 32.9 Å². The molecule has 3 amide bonds. The molecule has 2 aromatic rings. The fourth-order valence-electron chi connectivity index (χ4n) is 7.09. The van der Waals surface area contributed by atoms with Crippen molar-refractivity contribution in [3.05, 3.63) is 45.9 Å². The molecule has 7 N–H and O–H groups in total. The second kappa shape index (κ2) is 13.6. The number of hydrogen-bond donors (Lipinski definition) is 6. The number of fused-ring (bicyclic) bond motifs is 2. The zero-order valence-electron chi connectivity index (χ0n) is 28.2. The quantitative estimate of drug-likeness (QED) is 0.0654. The van der Waals surface area contributed by atoms with Gasteiger partial charge in [0, 0.05) is 34.6 Å². The van der Waals surface area contributed by atoms with Gasteiger partial charge in [-0.2, -0.15) is 0 Å². The van der Waals surface area contributed by atoms with Crippen LogP contribution in [0.2, 0.25) is 0 Å². The summed E-state index contributed by atoms with van der Waals surface area (Å²) in [6.45, 7) is 6.38. The van der Waals surface area contributed by atoms with E-state index >= 15 is 0 Å². The van der Waals surface area contributed by atoms with Crippen molar-refractivity contribution in [1.29, 1.82) is 0 Å². The molecular weight excluding hydrogens is 726 g/mol. The first kappa shape index (κ1) is 36.8. The fraction of sp³-hybridized carbons (Fsp3) is 0.469. The number of anilines is 1. The highest BCUT2D eigenvalue weighted by Gasteiger charge is 2.58. The number of piperazine rings is 1. The number of aromatic nitrogens is 1. The third kappa shape index (κ3) is 6.49. The first-order chi connectivity index (χ1) is 24.4. The lowest BCUT2D eigenvalue weighted by atomic mass is 9.98. The van der Waals surface area contributed by atoms with Crippen LogP contribution in [0.4, 0.5) is 9.52 Å². The maximum absolute atomic E-state index is 14.1. The van der Waals surface area contributed by atoms with E-state index in [0.717, 1.165) is 42.9 Å². The molecule has 278 valence electrons. The van der Waals surface area contributed by atoms with Gasteiger partial charge >= 0.3 is 11.9 Å². The zero-order chi connectivity index (χ0) is 37.9. The molecule has 0 saturated carbocycles. The van der Waals surface area contributed by atoms with E-state index in [9.17, 15) is 48.8 Å². The van der Waals surface area contributed by atoms with E-state index in [-0.39, 0.29) is 39.9 Å². The van der Waals surface area contributed by atoms with E-state index in [4.69, 9.17) is 10.6 Å². The SMILES string of the molecule is C[C@@H]1S[C@@H]2[C@H](NC(=O)/C(=N\OC(C)(C)C(=O)O)c3csc(N)n3)C(=O)N2C(C(=O)O)=C1C[N+]12CCC[C@H]1CN(C(=O)c1cc(O)c(O)c(F)c1)CC2.